The fourth-order valence-corrected chi connectivity index (χ4v) is 1.63. The van der Waals surface area contributed by atoms with Crippen molar-refractivity contribution in [1.29, 1.82) is 0 Å². The van der Waals surface area contributed by atoms with E-state index in [1.807, 2.05) is 0 Å². The van der Waals surface area contributed by atoms with Crippen molar-refractivity contribution in [1.82, 2.24) is 0 Å². The van der Waals surface area contributed by atoms with Crippen LogP contribution >= 0.6 is 0 Å². The Morgan fingerprint density at radius 3 is 2.50 bits per heavy atom. The molecule has 0 aliphatic rings. The van der Waals surface area contributed by atoms with E-state index in [-0.39, 0.29) is 16.7 Å². The van der Waals surface area contributed by atoms with Crippen LogP contribution in [0.2, 0.25) is 0 Å². The quantitative estimate of drug-likeness (QED) is 0.476. The lowest BCUT2D eigenvalue weighted by Gasteiger charge is -2.08. The molecule has 0 aliphatic carbocycles. The SMILES string of the molecule is O=C(CC(F)(F)F)Oc1ccc2cc(C(=O)[O-])c(=O)oc2c1. The molecule has 2 rings (SSSR count). The monoisotopic (exact) mass is 315 g/mol. The molecule has 0 bridgehead atoms. The molecule has 9 heteroatoms. The van der Waals surface area contributed by atoms with E-state index in [1.165, 1.54) is 6.07 Å². The van der Waals surface area contributed by atoms with Gasteiger partial charge in [-0.3, -0.25) is 4.79 Å². The molecule has 2 aromatic rings. The van der Waals surface area contributed by atoms with Crippen LogP contribution in [0.4, 0.5) is 13.2 Å². The first-order valence-corrected chi connectivity index (χ1v) is 5.72. The number of benzene rings is 1. The van der Waals surface area contributed by atoms with E-state index >= 15 is 0 Å². The second kappa shape index (κ2) is 5.51. The second-order valence-electron chi connectivity index (χ2n) is 4.20. The van der Waals surface area contributed by atoms with E-state index in [0.717, 1.165) is 18.2 Å². The van der Waals surface area contributed by atoms with Crippen molar-refractivity contribution in [3.8, 4) is 5.75 Å². The van der Waals surface area contributed by atoms with Gasteiger partial charge in [-0.15, -0.1) is 0 Å². The Balaban J connectivity index is 2.31. The standard InChI is InChI=1S/C13H7F3O6/c14-13(15,16)5-10(17)21-7-2-1-6-3-8(11(18)19)12(20)22-9(6)4-7/h1-4H,5H2,(H,18,19)/p-1. The highest BCUT2D eigenvalue weighted by Crippen LogP contribution is 2.23. The Kier molecular flexibility index (Phi) is 3.89. The molecule has 22 heavy (non-hydrogen) atoms. The largest absolute Gasteiger partial charge is 0.545 e. The molecule has 0 spiro atoms. The second-order valence-corrected chi connectivity index (χ2v) is 4.20. The predicted octanol–water partition coefficient (Wildman–Crippen LogP) is 1.01. The van der Waals surface area contributed by atoms with Crippen molar-refractivity contribution < 1.29 is 37.0 Å². The van der Waals surface area contributed by atoms with Gasteiger partial charge in [0.2, 0.25) is 0 Å². The smallest absolute Gasteiger partial charge is 0.399 e. The van der Waals surface area contributed by atoms with E-state index < -0.39 is 35.7 Å². The number of alkyl halides is 3. The molecular formula is C13H6F3O6-. The lowest BCUT2D eigenvalue weighted by atomic mass is 10.2. The van der Waals surface area contributed by atoms with Gasteiger partial charge in [0.1, 0.15) is 17.8 Å². The van der Waals surface area contributed by atoms with Crippen LogP contribution in [0.15, 0.2) is 33.5 Å². The lowest BCUT2D eigenvalue weighted by Crippen LogP contribution is -2.28. The molecule has 0 radical (unpaired) electrons. The summed E-state index contributed by atoms with van der Waals surface area (Å²) in [7, 11) is 0. The average molecular weight is 315 g/mol. The first-order valence-electron chi connectivity index (χ1n) is 5.72. The Bertz CT molecular complexity index is 806. The van der Waals surface area contributed by atoms with Gasteiger partial charge in [0.25, 0.3) is 0 Å². The van der Waals surface area contributed by atoms with Crippen molar-refractivity contribution >= 4 is 22.9 Å². The van der Waals surface area contributed by atoms with Crippen LogP contribution in [0.3, 0.4) is 0 Å². The van der Waals surface area contributed by atoms with Crippen LogP contribution < -0.4 is 15.5 Å². The van der Waals surface area contributed by atoms with E-state index in [4.69, 9.17) is 0 Å². The maximum Gasteiger partial charge on any atom is 0.399 e. The maximum atomic E-state index is 12.0. The highest BCUT2D eigenvalue weighted by molar-refractivity contribution is 5.90. The number of carbonyl (C=O) groups is 2. The number of carboxylic acid groups (broad SMARTS) is 1. The summed E-state index contributed by atoms with van der Waals surface area (Å²) in [5.74, 6) is -3.53. The summed E-state index contributed by atoms with van der Waals surface area (Å²) in [6, 6.07) is 4.35. The molecule has 0 fully saturated rings. The van der Waals surface area contributed by atoms with Crippen molar-refractivity contribution in [3.63, 3.8) is 0 Å². The third-order valence-electron chi connectivity index (χ3n) is 2.50. The van der Waals surface area contributed by atoms with Gasteiger partial charge in [-0.05, 0) is 18.2 Å². The summed E-state index contributed by atoms with van der Waals surface area (Å²) >= 11 is 0. The Morgan fingerprint density at radius 1 is 1.23 bits per heavy atom. The predicted molar refractivity (Wildman–Crippen MR) is 63.1 cm³/mol. The zero-order chi connectivity index (χ0) is 16.5. The van der Waals surface area contributed by atoms with Crippen LogP contribution in [0, 0.1) is 0 Å². The first kappa shape index (κ1) is 15.5. The minimum absolute atomic E-state index is 0.146. The fraction of sp³-hybridized carbons (Fsp3) is 0.154. The Morgan fingerprint density at radius 2 is 1.91 bits per heavy atom. The molecule has 0 saturated carbocycles. The lowest BCUT2D eigenvalue weighted by molar-refractivity contribution is -0.255. The normalized spacial score (nSPS) is 11.4. The fourth-order valence-electron chi connectivity index (χ4n) is 1.63. The summed E-state index contributed by atoms with van der Waals surface area (Å²) < 4.78 is 45.2. The summed E-state index contributed by atoms with van der Waals surface area (Å²) in [5, 5.41) is 10.8. The van der Waals surface area contributed by atoms with Gasteiger partial charge in [-0.1, -0.05) is 0 Å². The number of esters is 1. The third-order valence-corrected chi connectivity index (χ3v) is 2.50. The molecule has 6 nitrogen and oxygen atoms in total. The van der Waals surface area contributed by atoms with Gasteiger partial charge < -0.3 is 19.1 Å². The van der Waals surface area contributed by atoms with Crippen molar-refractivity contribution in [2.24, 2.45) is 0 Å². The number of hydrogen-bond acceptors (Lipinski definition) is 6. The first-order chi connectivity index (χ1) is 10.2. The van der Waals surface area contributed by atoms with Crippen molar-refractivity contribution in [2.75, 3.05) is 0 Å². The molecule has 116 valence electrons. The van der Waals surface area contributed by atoms with Crippen LogP contribution in [0.25, 0.3) is 11.0 Å². The molecule has 1 aromatic heterocycles. The zero-order valence-electron chi connectivity index (χ0n) is 10.6. The van der Waals surface area contributed by atoms with Crippen molar-refractivity contribution in [3.05, 3.63) is 40.2 Å². The Hall–Kier alpha value is -2.84. The molecule has 0 amide bonds. The van der Waals surface area contributed by atoms with Gasteiger partial charge >= 0.3 is 17.8 Å². The highest BCUT2D eigenvalue weighted by Gasteiger charge is 2.32. The summed E-state index contributed by atoms with van der Waals surface area (Å²) in [6.45, 7) is 0. The number of fused-ring (bicyclic) bond motifs is 1. The number of halogens is 3. The van der Waals surface area contributed by atoms with Gasteiger partial charge in [0, 0.05) is 11.5 Å². The van der Waals surface area contributed by atoms with E-state index in [2.05, 4.69) is 9.15 Å². The number of rotatable bonds is 3. The van der Waals surface area contributed by atoms with E-state index in [0.29, 0.717) is 0 Å². The number of hydrogen-bond donors (Lipinski definition) is 0. The van der Waals surface area contributed by atoms with Gasteiger partial charge in [-0.2, -0.15) is 13.2 Å². The minimum Gasteiger partial charge on any atom is -0.545 e. The topological polar surface area (TPSA) is 96.6 Å². The number of aromatic carboxylic acids is 1. The number of carboxylic acids is 1. The molecule has 0 saturated heterocycles. The van der Waals surface area contributed by atoms with Crippen LogP contribution in [-0.2, 0) is 4.79 Å². The molecule has 0 N–H and O–H groups in total. The summed E-state index contributed by atoms with van der Waals surface area (Å²) in [5.41, 5.74) is -2.03. The molecule has 0 unspecified atom stereocenters. The summed E-state index contributed by atoms with van der Waals surface area (Å²) in [6.07, 6.45) is -6.47. The summed E-state index contributed by atoms with van der Waals surface area (Å²) in [4.78, 5) is 33.1. The zero-order valence-corrected chi connectivity index (χ0v) is 10.6. The van der Waals surface area contributed by atoms with Gasteiger partial charge in [0.15, 0.2) is 0 Å². The highest BCUT2D eigenvalue weighted by atomic mass is 19.4. The minimum atomic E-state index is -4.70. The van der Waals surface area contributed by atoms with Crippen LogP contribution in [0.1, 0.15) is 16.8 Å². The molecule has 0 aliphatic heterocycles. The van der Waals surface area contributed by atoms with Gasteiger partial charge in [0.05, 0.1) is 11.5 Å². The third kappa shape index (κ3) is 3.62. The van der Waals surface area contributed by atoms with Crippen LogP contribution in [-0.4, -0.2) is 18.1 Å². The van der Waals surface area contributed by atoms with E-state index in [1.54, 1.807) is 0 Å². The molecule has 0 atom stereocenters. The molecule has 1 aromatic carbocycles. The maximum absolute atomic E-state index is 12.0. The number of carbonyl (C=O) groups excluding carboxylic acids is 2. The average Bonchev–Trinajstić information content (AvgIpc) is 2.34. The number of ether oxygens (including phenoxy) is 1. The molecular weight excluding hydrogens is 309 g/mol. The van der Waals surface area contributed by atoms with E-state index in [9.17, 15) is 32.7 Å². The molecule has 1 heterocycles. The Labute approximate surface area is 119 Å². The van der Waals surface area contributed by atoms with Crippen molar-refractivity contribution in [2.45, 2.75) is 12.6 Å². The van der Waals surface area contributed by atoms with Gasteiger partial charge in [-0.25, -0.2) is 4.79 Å². The van der Waals surface area contributed by atoms with Crippen LogP contribution in [0.5, 0.6) is 5.75 Å².